The molecule has 0 rings (SSSR count). The van der Waals surface area contributed by atoms with Crippen molar-refractivity contribution in [1.82, 2.24) is 5.32 Å². The average Bonchev–Trinajstić information content (AvgIpc) is 3.29. The zero-order valence-electron chi connectivity index (χ0n) is 42.3. The van der Waals surface area contributed by atoms with E-state index in [0.29, 0.717) is 12.8 Å². The molecule has 0 spiro atoms. The molecule has 0 aromatic carbocycles. The lowest BCUT2D eigenvalue weighted by Crippen LogP contribution is -2.53. The number of carbonyl (C=O) groups excluding carboxylic acids is 1. The third-order valence-electron chi connectivity index (χ3n) is 13.4. The monoisotopic (exact) mass is 890 g/mol. The molecule has 6 nitrogen and oxygen atoms in total. The van der Waals surface area contributed by atoms with Crippen LogP contribution in [0.2, 0.25) is 0 Å². The van der Waals surface area contributed by atoms with E-state index in [4.69, 9.17) is 0 Å². The van der Waals surface area contributed by atoms with E-state index in [-0.39, 0.29) is 0 Å². The van der Waals surface area contributed by atoms with E-state index < -0.39 is 36.9 Å². The topological polar surface area (TPSA) is 110 Å². The molecule has 6 heteroatoms. The number of carbonyl (C=O) groups is 1. The van der Waals surface area contributed by atoms with Crippen molar-refractivity contribution in [2.45, 2.75) is 327 Å². The van der Waals surface area contributed by atoms with E-state index in [1.165, 1.54) is 231 Å². The Hall–Kier alpha value is -1.21. The number of rotatable bonds is 52. The molecular formula is C57H111NO5. The van der Waals surface area contributed by atoms with E-state index in [2.05, 4.69) is 43.5 Å². The first-order valence-corrected chi connectivity index (χ1v) is 28.2. The number of amides is 1. The highest BCUT2D eigenvalue weighted by molar-refractivity contribution is 5.80. The largest absolute Gasteiger partial charge is 0.394 e. The van der Waals surface area contributed by atoms with Crippen molar-refractivity contribution in [3.8, 4) is 0 Å². The van der Waals surface area contributed by atoms with Crippen LogP contribution in [-0.2, 0) is 4.79 Å². The summed E-state index contributed by atoms with van der Waals surface area (Å²) in [5.41, 5.74) is 0. The van der Waals surface area contributed by atoms with Crippen LogP contribution in [-0.4, -0.2) is 57.3 Å². The zero-order chi connectivity index (χ0) is 45.9. The Bertz CT molecular complexity index is 955. The fourth-order valence-electron chi connectivity index (χ4n) is 8.97. The molecule has 63 heavy (non-hydrogen) atoms. The number of aliphatic hydroxyl groups excluding tert-OH is 4. The van der Waals surface area contributed by atoms with Gasteiger partial charge in [0.05, 0.1) is 18.8 Å². The van der Waals surface area contributed by atoms with Crippen LogP contribution in [0.25, 0.3) is 0 Å². The first kappa shape index (κ1) is 61.8. The van der Waals surface area contributed by atoms with Crippen molar-refractivity contribution in [3.05, 3.63) is 24.3 Å². The molecule has 0 saturated heterocycles. The molecule has 0 bridgehead atoms. The van der Waals surface area contributed by atoms with Crippen LogP contribution in [0, 0.1) is 0 Å². The third-order valence-corrected chi connectivity index (χ3v) is 13.4. The summed E-state index contributed by atoms with van der Waals surface area (Å²) < 4.78 is 0. The lowest BCUT2D eigenvalue weighted by Gasteiger charge is -2.27. The summed E-state index contributed by atoms with van der Waals surface area (Å²) in [6, 6.07) is -0.982. The maximum Gasteiger partial charge on any atom is 0.249 e. The molecule has 0 aromatic rings. The highest BCUT2D eigenvalue weighted by atomic mass is 16.3. The molecule has 0 saturated carbocycles. The van der Waals surface area contributed by atoms with Crippen molar-refractivity contribution >= 4 is 5.91 Å². The van der Waals surface area contributed by atoms with Crippen molar-refractivity contribution < 1.29 is 25.2 Å². The molecule has 5 N–H and O–H groups in total. The second-order valence-electron chi connectivity index (χ2n) is 19.6. The molecule has 0 heterocycles. The predicted octanol–water partition coefficient (Wildman–Crippen LogP) is 16.3. The Labute approximate surface area is 393 Å². The molecule has 0 radical (unpaired) electrons. The Morgan fingerprint density at radius 3 is 1.00 bits per heavy atom. The molecule has 0 fully saturated rings. The fraction of sp³-hybridized carbons (Fsp3) is 0.912. The molecule has 374 valence electrons. The van der Waals surface area contributed by atoms with Gasteiger partial charge in [-0.25, -0.2) is 0 Å². The maximum absolute atomic E-state index is 12.5. The average molecular weight is 891 g/mol. The Balaban J connectivity index is 3.52. The first-order valence-electron chi connectivity index (χ1n) is 28.2. The van der Waals surface area contributed by atoms with Gasteiger partial charge < -0.3 is 25.7 Å². The first-order chi connectivity index (χ1) is 31.0. The number of nitrogens with one attached hydrogen (secondary N) is 1. The predicted molar refractivity (Wildman–Crippen MR) is 274 cm³/mol. The van der Waals surface area contributed by atoms with Crippen LogP contribution in [0.4, 0.5) is 0 Å². The van der Waals surface area contributed by atoms with Crippen LogP contribution < -0.4 is 5.32 Å². The summed E-state index contributed by atoms with van der Waals surface area (Å²) in [6.07, 6.45) is 62.7. The van der Waals surface area contributed by atoms with E-state index >= 15 is 0 Å². The van der Waals surface area contributed by atoms with Gasteiger partial charge in [-0.1, -0.05) is 282 Å². The van der Waals surface area contributed by atoms with E-state index in [1.807, 2.05) is 0 Å². The molecule has 0 aliphatic heterocycles. The lowest BCUT2D eigenvalue weighted by molar-refractivity contribution is -0.132. The Morgan fingerprint density at radius 2 is 0.683 bits per heavy atom. The Morgan fingerprint density at radius 1 is 0.397 bits per heavy atom. The number of hydrogen-bond donors (Lipinski definition) is 5. The second-order valence-corrected chi connectivity index (χ2v) is 19.6. The van der Waals surface area contributed by atoms with Gasteiger partial charge in [0.1, 0.15) is 12.2 Å². The molecule has 1 amide bonds. The normalized spacial score (nSPS) is 13.9. The van der Waals surface area contributed by atoms with Gasteiger partial charge in [0.25, 0.3) is 0 Å². The van der Waals surface area contributed by atoms with Crippen LogP contribution in [0.1, 0.15) is 303 Å². The maximum atomic E-state index is 12.5. The molecule has 4 atom stereocenters. The van der Waals surface area contributed by atoms with E-state index in [9.17, 15) is 25.2 Å². The number of aliphatic hydroxyl groups is 4. The van der Waals surface area contributed by atoms with Gasteiger partial charge in [-0.2, -0.15) is 0 Å². The smallest absolute Gasteiger partial charge is 0.249 e. The summed E-state index contributed by atoms with van der Waals surface area (Å²) in [4.78, 5) is 12.5. The van der Waals surface area contributed by atoms with Crippen molar-refractivity contribution in [2.24, 2.45) is 0 Å². The van der Waals surface area contributed by atoms with Crippen LogP contribution in [0.15, 0.2) is 24.3 Å². The minimum absolute atomic E-state index is 0.371. The quantitative estimate of drug-likeness (QED) is 0.0309. The zero-order valence-corrected chi connectivity index (χ0v) is 42.3. The van der Waals surface area contributed by atoms with Gasteiger partial charge in [-0.05, 0) is 44.9 Å². The molecule has 4 unspecified atom stereocenters. The van der Waals surface area contributed by atoms with Gasteiger partial charge in [0.2, 0.25) is 5.91 Å². The third kappa shape index (κ3) is 45.7. The molecule has 0 aliphatic rings. The summed E-state index contributed by atoms with van der Waals surface area (Å²) in [5, 5.41) is 43.8. The number of unbranched alkanes of at least 4 members (excludes halogenated alkanes) is 39. The lowest BCUT2D eigenvalue weighted by atomic mass is 9.99. The van der Waals surface area contributed by atoms with E-state index in [0.717, 1.165) is 44.9 Å². The van der Waals surface area contributed by atoms with Crippen molar-refractivity contribution in [1.29, 1.82) is 0 Å². The van der Waals surface area contributed by atoms with Crippen molar-refractivity contribution in [2.75, 3.05) is 6.61 Å². The highest BCUT2D eigenvalue weighted by Crippen LogP contribution is 2.18. The molecular weight excluding hydrogens is 779 g/mol. The summed E-state index contributed by atoms with van der Waals surface area (Å²) in [5.74, 6) is -0.581. The highest BCUT2D eigenvalue weighted by Gasteiger charge is 2.28. The minimum Gasteiger partial charge on any atom is -0.394 e. The van der Waals surface area contributed by atoms with Gasteiger partial charge in [-0.3, -0.25) is 4.79 Å². The summed E-state index contributed by atoms with van der Waals surface area (Å²) in [6.45, 7) is 4.06. The van der Waals surface area contributed by atoms with Gasteiger partial charge in [0.15, 0.2) is 0 Å². The standard InChI is InChI=1S/C57H111NO5/c1-3-5-7-9-11-13-15-16-17-18-19-20-21-22-23-24-25-26-27-28-29-30-31-32-33-34-35-36-37-38-39-41-43-45-47-49-51-55(61)57(63)58-53(52-59)56(62)54(60)50-48-46-44-42-40-14-12-10-8-6-4-2/h23-24,26-27,53-56,59-62H,3-22,25,28-52H2,1-2H3,(H,58,63)/b24-23-,27-26-. The molecule has 0 aromatic heterocycles. The molecule has 0 aliphatic carbocycles. The van der Waals surface area contributed by atoms with Crippen LogP contribution in [0.3, 0.4) is 0 Å². The fourth-order valence-corrected chi connectivity index (χ4v) is 8.97. The van der Waals surface area contributed by atoms with Gasteiger partial charge in [-0.15, -0.1) is 0 Å². The van der Waals surface area contributed by atoms with E-state index in [1.54, 1.807) is 0 Å². The number of allylic oxidation sites excluding steroid dienone is 4. The Kier molecular flexibility index (Phi) is 50.8. The van der Waals surface area contributed by atoms with Gasteiger partial charge in [0, 0.05) is 0 Å². The summed E-state index contributed by atoms with van der Waals surface area (Å²) >= 11 is 0. The van der Waals surface area contributed by atoms with Crippen LogP contribution in [0.5, 0.6) is 0 Å². The van der Waals surface area contributed by atoms with Crippen molar-refractivity contribution in [3.63, 3.8) is 0 Å². The SMILES string of the molecule is CCCCCCCCCCCCCCC/C=C\C/C=C\CCCCCCCCCCCCCCCCCCC(O)C(=O)NC(CO)C(O)C(O)CCCCCCCCCCCCC. The minimum atomic E-state index is -1.26. The second kappa shape index (κ2) is 51.8. The number of hydrogen-bond acceptors (Lipinski definition) is 5. The van der Waals surface area contributed by atoms with Crippen LogP contribution >= 0.6 is 0 Å². The summed E-state index contributed by atoms with van der Waals surface area (Å²) in [7, 11) is 0. The van der Waals surface area contributed by atoms with Gasteiger partial charge >= 0.3 is 0 Å².